The second-order valence-electron chi connectivity index (χ2n) is 6.60. The molecule has 2 aromatic carbocycles. The predicted octanol–water partition coefficient (Wildman–Crippen LogP) is 4.29. The third kappa shape index (κ3) is 6.21. The minimum atomic E-state index is -0.215. The van der Waals surface area contributed by atoms with Crippen molar-refractivity contribution in [3.63, 3.8) is 0 Å². The van der Waals surface area contributed by atoms with Gasteiger partial charge in [-0.15, -0.1) is 0 Å². The van der Waals surface area contributed by atoms with E-state index >= 15 is 0 Å². The lowest BCUT2D eigenvalue weighted by Crippen LogP contribution is -2.20. The number of amides is 1. The first-order chi connectivity index (χ1) is 14.0. The minimum Gasteiger partial charge on any atom is -0.484 e. The highest BCUT2D eigenvalue weighted by atomic mass is 16.5. The van der Waals surface area contributed by atoms with Gasteiger partial charge in [0.1, 0.15) is 11.6 Å². The Morgan fingerprint density at radius 2 is 1.66 bits per heavy atom. The van der Waals surface area contributed by atoms with Crippen molar-refractivity contribution in [1.82, 2.24) is 9.97 Å². The van der Waals surface area contributed by atoms with Crippen LogP contribution in [0.3, 0.4) is 0 Å². The van der Waals surface area contributed by atoms with Gasteiger partial charge >= 0.3 is 0 Å². The fourth-order valence-electron chi connectivity index (χ4n) is 2.63. The highest BCUT2D eigenvalue weighted by molar-refractivity contribution is 5.92. The number of nitrogens with one attached hydrogen (secondary N) is 3. The third-order valence-electron chi connectivity index (χ3n) is 4.02. The number of rotatable bonds is 8. The summed E-state index contributed by atoms with van der Waals surface area (Å²) < 4.78 is 5.50. The number of aromatic nitrogens is 2. The molecule has 0 fully saturated rings. The first kappa shape index (κ1) is 20.1. The molecule has 150 valence electrons. The number of ether oxygens (including phenoxy) is 1. The number of hydrogen-bond acceptors (Lipinski definition) is 6. The summed E-state index contributed by atoms with van der Waals surface area (Å²) in [5.74, 6) is 1.75. The van der Waals surface area contributed by atoms with Crippen LogP contribution in [0.5, 0.6) is 5.75 Å². The van der Waals surface area contributed by atoms with Gasteiger partial charge in [0.05, 0.1) is 0 Å². The van der Waals surface area contributed by atoms with Crippen LogP contribution in [0.4, 0.5) is 23.1 Å². The first-order valence-electron chi connectivity index (χ1n) is 9.48. The molecule has 7 heteroatoms. The molecule has 3 aromatic rings. The zero-order valence-electron chi connectivity index (χ0n) is 16.8. The van der Waals surface area contributed by atoms with Crippen LogP contribution in [0, 0.1) is 13.8 Å². The van der Waals surface area contributed by atoms with E-state index in [1.165, 1.54) is 0 Å². The molecule has 7 nitrogen and oxygen atoms in total. The van der Waals surface area contributed by atoms with Gasteiger partial charge in [-0.05, 0) is 57.2 Å². The number of nitrogens with zero attached hydrogens (tertiary/aromatic N) is 2. The van der Waals surface area contributed by atoms with Crippen LogP contribution in [-0.2, 0) is 4.79 Å². The molecule has 1 heterocycles. The summed E-state index contributed by atoms with van der Waals surface area (Å²) in [6.45, 7) is 6.63. The molecule has 0 aliphatic heterocycles. The van der Waals surface area contributed by atoms with Gasteiger partial charge in [-0.3, -0.25) is 4.79 Å². The highest BCUT2D eigenvalue weighted by Gasteiger charge is 2.05. The number of hydrogen-bond donors (Lipinski definition) is 3. The molecule has 29 heavy (non-hydrogen) atoms. The van der Waals surface area contributed by atoms with Gasteiger partial charge in [-0.1, -0.05) is 17.7 Å². The number of benzene rings is 2. The van der Waals surface area contributed by atoms with Crippen molar-refractivity contribution in [1.29, 1.82) is 0 Å². The zero-order valence-corrected chi connectivity index (χ0v) is 16.8. The average Bonchev–Trinajstić information content (AvgIpc) is 2.69. The summed E-state index contributed by atoms with van der Waals surface area (Å²) in [5, 5.41) is 9.18. The Bertz CT molecular complexity index is 956. The normalized spacial score (nSPS) is 10.3. The molecule has 0 spiro atoms. The molecule has 0 saturated carbocycles. The van der Waals surface area contributed by atoms with Crippen molar-refractivity contribution in [3.05, 3.63) is 65.9 Å². The summed E-state index contributed by atoms with van der Waals surface area (Å²) in [6, 6.07) is 16.9. The van der Waals surface area contributed by atoms with E-state index < -0.39 is 0 Å². The maximum Gasteiger partial charge on any atom is 0.262 e. The molecule has 3 N–H and O–H groups in total. The summed E-state index contributed by atoms with van der Waals surface area (Å²) in [7, 11) is 0. The van der Waals surface area contributed by atoms with Crippen LogP contribution in [0.2, 0.25) is 0 Å². The van der Waals surface area contributed by atoms with Crippen molar-refractivity contribution >= 4 is 29.0 Å². The van der Waals surface area contributed by atoms with Gasteiger partial charge < -0.3 is 20.7 Å². The molecule has 0 atom stereocenters. The highest BCUT2D eigenvalue weighted by Crippen LogP contribution is 2.19. The summed E-state index contributed by atoms with van der Waals surface area (Å²) in [6.07, 6.45) is 0. The number of carbonyl (C=O) groups is 1. The molecular formula is C22H25N5O2. The van der Waals surface area contributed by atoms with E-state index in [1.54, 1.807) is 0 Å². The fraction of sp³-hybridized carbons (Fsp3) is 0.227. The molecule has 1 aromatic heterocycles. The Hall–Kier alpha value is -3.61. The lowest BCUT2D eigenvalue weighted by molar-refractivity contribution is -0.118. The summed E-state index contributed by atoms with van der Waals surface area (Å²) >= 11 is 0. The van der Waals surface area contributed by atoms with E-state index in [0.717, 1.165) is 23.5 Å². The van der Waals surface area contributed by atoms with Crippen molar-refractivity contribution in [3.8, 4) is 5.75 Å². The second-order valence-corrected chi connectivity index (χ2v) is 6.60. The maximum absolute atomic E-state index is 12.1. The molecule has 0 bridgehead atoms. The van der Waals surface area contributed by atoms with E-state index in [4.69, 9.17) is 4.74 Å². The van der Waals surface area contributed by atoms with Gasteiger partial charge in [0.25, 0.3) is 5.91 Å². The SMILES string of the molecule is CCNc1nc(C)cc(Nc2ccc(NC(=O)COc3ccc(C)cc3)cc2)n1. The Labute approximate surface area is 170 Å². The van der Waals surface area contributed by atoms with Gasteiger partial charge in [0, 0.05) is 29.7 Å². The topological polar surface area (TPSA) is 88.2 Å². The van der Waals surface area contributed by atoms with Gasteiger partial charge in [-0.2, -0.15) is 4.98 Å². The Morgan fingerprint density at radius 3 is 2.34 bits per heavy atom. The molecule has 0 aliphatic carbocycles. The van der Waals surface area contributed by atoms with E-state index in [2.05, 4.69) is 25.9 Å². The van der Waals surface area contributed by atoms with Crippen LogP contribution in [0.1, 0.15) is 18.2 Å². The van der Waals surface area contributed by atoms with E-state index in [9.17, 15) is 4.79 Å². The average molecular weight is 391 g/mol. The molecule has 1 amide bonds. The van der Waals surface area contributed by atoms with Crippen LogP contribution in [-0.4, -0.2) is 29.0 Å². The second kappa shape index (κ2) is 9.54. The first-order valence-corrected chi connectivity index (χ1v) is 9.48. The zero-order chi connectivity index (χ0) is 20.6. The fourth-order valence-corrected chi connectivity index (χ4v) is 2.63. The number of anilines is 4. The monoisotopic (exact) mass is 391 g/mol. The van der Waals surface area contributed by atoms with Gasteiger partial charge in [-0.25, -0.2) is 4.98 Å². The predicted molar refractivity (Wildman–Crippen MR) is 116 cm³/mol. The summed E-state index contributed by atoms with van der Waals surface area (Å²) in [4.78, 5) is 20.9. The number of carbonyl (C=O) groups excluding carboxylic acids is 1. The van der Waals surface area contributed by atoms with Crippen molar-refractivity contribution < 1.29 is 9.53 Å². The lowest BCUT2D eigenvalue weighted by Gasteiger charge is -2.11. The standard InChI is InChI=1S/C22H25N5O2/c1-4-23-22-24-16(3)13-20(27-22)25-17-7-9-18(10-8-17)26-21(28)14-29-19-11-5-15(2)6-12-19/h5-13H,4,14H2,1-3H3,(H,26,28)(H2,23,24,25,27). The van der Waals surface area contributed by atoms with Gasteiger partial charge in [0.2, 0.25) is 5.95 Å². The lowest BCUT2D eigenvalue weighted by atomic mass is 10.2. The largest absolute Gasteiger partial charge is 0.484 e. The van der Waals surface area contributed by atoms with Crippen molar-refractivity contribution in [2.45, 2.75) is 20.8 Å². The molecular weight excluding hydrogens is 366 g/mol. The smallest absolute Gasteiger partial charge is 0.262 e. The van der Waals surface area contributed by atoms with E-state index in [1.807, 2.05) is 75.4 Å². The Kier molecular flexibility index (Phi) is 6.63. The Balaban J connectivity index is 1.54. The molecule has 3 rings (SSSR count). The molecule has 0 radical (unpaired) electrons. The maximum atomic E-state index is 12.1. The van der Waals surface area contributed by atoms with Gasteiger partial charge in [0.15, 0.2) is 6.61 Å². The van der Waals surface area contributed by atoms with E-state index in [-0.39, 0.29) is 12.5 Å². The quantitative estimate of drug-likeness (QED) is 0.531. The molecule has 0 unspecified atom stereocenters. The van der Waals surface area contributed by atoms with Crippen LogP contribution < -0.4 is 20.7 Å². The third-order valence-corrected chi connectivity index (χ3v) is 4.02. The molecule has 0 saturated heterocycles. The number of aryl methyl sites for hydroxylation is 2. The molecule has 0 aliphatic rings. The van der Waals surface area contributed by atoms with E-state index in [0.29, 0.717) is 23.2 Å². The van der Waals surface area contributed by atoms with Crippen LogP contribution >= 0.6 is 0 Å². The van der Waals surface area contributed by atoms with Crippen molar-refractivity contribution in [2.24, 2.45) is 0 Å². The Morgan fingerprint density at radius 1 is 0.966 bits per heavy atom. The van der Waals surface area contributed by atoms with Crippen LogP contribution in [0.15, 0.2) is 54.6 Å². The van der Waals surface area contributed by atoms with Crippen molar-refractivity contribution in [2.75, 3.05) is 29.1 Å². The van der Waals surface area contributed by atoms with Crippen LogP contribution in [0.25, 0.3) is 0 Å². The summed E-state index contributed by atoms with van der Waals surface area (Å²) in [5.41, 5.74) is 3.57. The minimum absolute atomic E-state index is 0.0452.